The van der Waals surface area contributed by atoms with Crippen molar-refractivity contribution in [3.8, 4) is 57.1 Å². The highest BCUT2D eigenvalue weighted by Crippen LogP contribution is 2.51. The summed E-state index contributed by atoms with van der Waals surface area (Å²) in [5.41, 5.74) is 7.25. The number of primary amides is 1. The monoisotopic (exact) mass is 1770 g/mol. The van der Waals surface area contributed by atoms with Crippen LogP contribution in [0.2, 0.25) is 10.0 Å². The molecular weight excluding hydrogens is 1660 g/mol. The molecule has 0 aromatic heterocycles. The highest BCUT2D eigenvalue weighted by Gasteiger charge is 2.53. The summed E-state index contributed by atoms with van der Waals surface area (Å²) in [5.74, 6) is -14.2. The second-order valence-corrected chi connectivity index (χ2v) is 35.5. The highest BCUT2D eigenvalue weighted by atomic mass is 35.5. The Morgan fingerprint density at radius 1 is 0.645 bits per heavy atom. The zero-order chi connectivity index (χ0) is 89.4. The van der Waals surface area contributed by atoms with E-state index in [0.29, 0.717) is 18.4 Å². The van der Waals surface area contributed by atoms with E-state index >= 15 is 24.0 Å². The number of phenolic OH excluding ortho intramolecular Hbond substituents is 3. The van der Waals surface area contributed by atoms with Crippen LogP contribution in [0.5, 0.6) is 46.0 Å². The Kier molecular flexibility index (Phi) is 28.7. The van der Waals surface area contributed by atoms with Crippen LogP contribution in [0.1, 0.15) is 183 Å². The van der Waals surface area contributed by atoms with Crippen LogP contribution in [0, 0.1) is 23.7 Å². The number of aliphatic carboxylic acids is 1. The number of benzene rings is 5. The summed E-state index contributed by atoms with van der Waals surface area (Å²) in [6, 6.07) is -0.103. The molecule has 38 heteroatoms. The average molecular weight is 1770 g/mol. The van der Waals surface area contributed by atoms with E-state index in [2.05, 4.69) is 42.5 Å². The summed E-state index contributed by atoms with van der Waals surface area (Å²) in [5, 5.41) is 138. The van der Waals surface area contributed by atoms with Gasteiger partial charge in [0.15, 0.2) is 36.2 Å². The molecule has 22 N–H and O–H groups in total. The van der Waals surface area contributed by atoms with Gasteiger partial charge >= 0.3 is 5.97 Å². The van der Waals surface area contributed by atoms with Gasteiger partial charge in [0.25, 0.3) is 0 Å². The van der Waals surface area contributed by atoms with E-state index < -0.39 is 255 Å². The maximum absolute atomic E-state index is 16.6. The first-order valence-corrected chi connectivity index (χ1v) is 42.6. The van der Waals surface area contributed by atoms with Gasteiger partial charge in [-0.05, 0) is 174 Å². The van der Waals surface area contributed by atoms with Crippen molar-refractivity contribution in [3.63, 3.8) is 0 Å². The van der Waals surface area contributed by atoms with Crippen molar-refractivity contribution in [3.05, 3.63) is 117 Å². The molecule has 5 aromatic rings. The van der Waals surface area contributed by atoms with Crippen LogP contribution in [0.15, 0.2) is 78.9 Å². The zero-order valence-electron chi connectivity index (χ0n) is 69.4. The lowest BCUT2D eigenvalue weighted by Crippen LogP contribution is -2.65. The molecule has 5 aromatic carbocycles. The van der Waals surface area contributed by atoms with Crippen molar-refractivity contribution in [2.24, 2.45) is 35.1 Å². The molecule has 11 bridgehead atoms. The van der Waals surface area contributed by atoms with Gasteiger partial charge in [0, 0.05) is 46.7 Å². The first-order valence-electron chi connectivity index (χ1n) is 41.8. The molecule has 2 saturated carbocycles. The number of carboxylic acids is 1. The fourth-order valence-electron chi connectivity index (χ4n) is 18.2. The summed E-state index contributed by atoms with van der Waals surface area (Å²) in [7, 11) is 1.48. The number of nitrogens with two attached hydrogens (primary N) is 2. The number of aliphatic hydroxyl groups excluding tert-OH is 6. The van der Waals surface area contributed by atoms with E-state index in [1.165, 1.54) is 83.3 Å². The number of carboxylic acid groups (broad SMARTS) is 1. The number of ether oxygens (including phenoxy) is 8. The molecule has 5 fully saturated rings. The van der Waals surface area contributed by atoms with Crippen LogP contribution < -0.4 is 68.2 Å². The molecule has 0 spiro atoms. The van der Waals surface area contributed by atoms with Gasteiger partial charge in [0.2, 0.25) is 53.4 Å². The van der Waals surface area contributed by atoms with Crippen molar-refractivity contribution < 1.29 is 127 Å². The number of likely N-dealkylation sites (N-methyl/N-ethyl adjacent to an activating group) is 1. The summed E-state index contributed by atoms with van der Waals surface area (Å²) >= 11 is 14.7. The number of carbonyl (C=O) groups is 8. The Balaban J connectivity index is 1.01. The topological polar surface area (TPSA) is 561 Å². The molecule has 0 unspecified atom stereocenters. The van der Waals surface area contributed by atoms with E-state index in [0.717, 1.165) is 74.2 Å². The number of amides is 7. The van der Waals surface area contributed by atoms with Gasteiger partial charge in [-0.2, -0.15) is 0 Å². The fourth-order valence-corrected chi connectivity index (χ4v) is 18.7. The molecule has 3 saturated heterocycles. The number of carbonyl (C=O) groups excluding carboxylic acids is 7. The quantitative estimate of drug-likeness (QED) is 0.0546. The molecule has 10 aliphatic rings. The lowest BCUT2D eigenvalue weighted by atomic mass is 9.71. The van der Waals surface area contributed by atoms with Gasteiger partial charge in [-0.25, -0.2) is 4.79 Å². The third-order valence-corrected chi connectivity index (χ3v) is 25.7. The Bertz CT molecular complexity index is 4800. The van der Waals surface area contributed by atoms with Crippen molar-refractivity contribution in [2.45, 2.75) is 258 Å². The second-order valence-electron chi connectivity index (χ2n) is 34.7. The molecule has 2 aliphatic carbocycles. The van der Waals surface area contributed by atoms with E-state index in [1.54, 1.807) is 6.92 Å². The number of nitrogens with one attached hydrogen (secondary N) is 8. The Morgan fingerprint density at radius 2 is 1.25 bits per heavy atom. The maximum atomic E-state index is 16.6. The first-order chi connectivity index (χ1) is 58.8. The van der Waals surface area contributed by atoms with E-state index in [1.807, 2.05) is 20.8 Å². The minimum atomic E-state index is -2.38. The zero-order valence-corrected chi connectivity index (χ0v) is 70.9. The van der Waals surface area contributed by atoms with Crippen LogP contribution in [-0.4, -0.2) is 222 Å². The third-order valence-electron chi connectivity index (χ3n) is 25.1. The molecule has 0 radical (unpaired) electrons. The predicted octanol–water partition coefficient (Wildman–Crippen LogP) is 4.36. The van der Waals surface area contributed by atoms with Gasteiger partial charge in [-0.15, -0.1) is 0 Å². The van der Waals surface area contributed by atoms with Crippen molar-refractivity contribution in [1.29, 1.82) is 0 Å². The molecule has 7 amide bonds. The number of fused-ring (bicyclic) bond motifs is 15. The van der Waals surface area contributed by atoms with Gasteiger partial charge in [0.05, 0.1) is 53.5 Å². The molecule has 15 rings (SSSR count). The normalized spacial score (nSPS) is 32.8. The second kappa shape index (κ2) is 38.5. The van der Waals surface area contributed by atoms with Crippen LogP contribution >= 0.6 is 23.2 Å². The highest BCUT2D eigenvalue weighted by molar-refractivity contribution is 6.32. The predicted molar refractivity (Wildman–Crippen MR) is 442 cm³/mol. The van der Waals surface area contributed by atoms with E-state index in [4.69, 9.17) is 72.6 Å². The minimum absolute atomic E-state index is 0.0801. The number of hydrogen-bond donors (Lipinski definition) is 20. The molecule has 22 atom stereocenters. The lowest BCUT2D eigenvalue weighted by Gasteiger charge is -2.49. The third kappa shape index (κ3) is 20.2. The van der Waals surface area contributed by atoms with Crippen molar-refractivity contribution >= 4 is 70.5 Å². The molecule has 674 valence electrons. The van der Waals surface area contributed by atoms with E-state index in [-0.39, 0.29) is 64.3 Å². The Hall–Kier alpha value is -9.32. The number of aromatic hydroxyl groups is 3. The standard InChI is InChI=1S/C86H110Cl2N10O26/c1-36(2)23-51(91-7)77(109)97-67-69(104)43-18-21-55(49(87)25-43)119-57-27-45-28-58(73(57)124-84-74(71(106)70(105)59(35-99)121-84)123-62-33-86(6,76(108)38(4)118-62)92-34-39-13-15-41(16-14-39)40-11-9-8-10-12-40)120-56-22-19-44(26-50(56)88)72(122-61-32-85(5,90)75(107)37(3)117-61)68-82(114)96-66(83(115)116)48-29-46(100)30-54(102)63(48)47-24-42(17-20-53(47)101)64(79(111)98-68)95-80(112)65(45)94-78(110)52(31-60(89)103)93-81(67)113/h17-22,24-30,36-41,51-52,59,61-62,64-72,74-76,84,91-92,99-102,104-108H,8-16,23,31-35,90H2,1-7H3,(H2,89,103)(H,93,113)(H,94,110)(H,95,112)(H,96,114)(H,97,109)(H,98,111)(H,115,116)/t37-,38-,39?,41?,51+,52-,59+,61-,62-,64+,65+,66-,67+,68-,69+,70+,71-,72+,74+,75-,76-,84-,85-,86-/m0/s1. The van der Waals surface area contributed by atoms with Crippen LogP contribution in [0.4, 0.5) is 0 Å². The van der Waals surface area contributed by atoms with Gasteiger partial charge in [-0.3, -0.25) is 33.6 Å². The summed E-state index contributed by atoms with van der Waals surface area (Å²) in [6.07, 6.45) is -11.9. The van der Waals surface area contributed by atoms with Gasteiger partial charge in [-0.1, -0.05) is 87.4 Å². The maximum Gasteiger partial charge on any atom is 0.330 e. The smallest absolute Gasteiger partial charge is 0.330 e. The van der Waals surface area contributed by atoms with Crippen LogP contribution in [0.25, 0.3) is 11.1 Å². The first kappa shape index (κ1) is 92.4. The fraction of sp³-hybridized carbons (Fsp3) is 0.558. The average Bonchev–Trinajstić information content (AvgIpc) is 0.769. The van der Waals surface area contributed by atoms with Crippen LogP contribution in [0.3, 0.4) is 0 Å². The van der Waals surface area contributed by atoms with Crippen LogP contribution in [-0.2, 0) is 62.0 Å². The lowest BCUT2D eigenvalue weighted by molar-refractivity contribution is -0.334. The molecule has 36 nitrogen and oxygen atoms in total. The Morgan fingerprint density at radius 3 is 1.87 bits per heavy atom. The largest absolute Gasteiger partial charge is 0.508 e. The van der Waals surface area contributed by atoms with Gasteiger partial charge < -0.3 is 143 Å². The number of phenols is 3. The summed E-state index contributed by atoms with van der Waals surface area (Å²) < 4.78 is 53.1. The number of halogens is 2. The minimum Gasteiger partial charge on any atom is -0.508 e. The van der Waals surface area contributed by atoms with E-state index in [9.17, 15) is 65.4 Å². The molecule has 8 aliphatic heterocycles. The van der Waals surface area contributed by atoms with Crippen molar-refractivity contribution in [2.75, 3.05) is 20.2 Å². The molecule has 124 heavy (non-hydrogen) atoms. The number of hydrogen-bond acceptors (Lipinski definition) is 28. The molecule has 8 heterocycles. The van der Waals surface area contributed by atoms with Crippen molar-refractivity contribution in [1.82, 2.24) is 42.5 Å². The number of rotatable bonds is 19. The Labute approximate surface area is 724 Å². The SMILES string of the molecule is CN[C@H](CC(C)C)C(=O)N[C@H]1C(=O)N[C@@H](CC(N)=O)C(=O)N[C@H]2C(=O)N[C@H]3C(=O)N[C@H](C(=O)N[C@H](C(=O)O)c4cc(O)cc(O)c4-c4cc3ccc4O)[C@H](O[C@H]3C[C@](C)(N)[C@@H](O)[C@H](C)O3)c3ccc(c(Cl)c3)Oc3cc2cc(c3O[C@@H]2O[C@H](CO)[C@@H](O)[C@H](O)[C@H]2O[C@H]2C[C@](C)(NCC3CCC(C4CCCCC4)CC3)[C@@H](O)[C@H](C)O2)Oc2ccc(cc2Cl)[C@H]1O. The summed E-state index contributed by atoms with van der Waals surface area (Å²) in [4.78, 5) is 121. The summed E-state index contributed by atoms with van der Waals surface area (Å²) in [6.45, 7) is 9.64. The molecular formula is C86H110Cl2N10O26. The number of aliphatic hydroxyl groups is 6. The van der Waals surface area contributed by atoms with Gasteiger partial charge in [0.1, 0.15) is 89.5 Å².